The van der Waals surface area contributed by atoms with E-state index in [4.69, 9.17) is 19.4 Å². The molecule has 0 radical (unpaired) electrons. The second-order valence-electron chi connectivity index (χ2n) is 11.0. The van der Waals surface area contributed by atoms with Crippen LogP contribution < -0.4 is 14.4 Å². The molecule has 9 nitrogen and oxygen atoms in total. The number of para-hydroxylation sites is 1. The Bertz CT molecular complexity index is 1260. The van der Waals surface area contributed by atoms with Crippen LogP contribution in [0.1, 0.15) is 49.4 Å². The second-order valence-corrected chi connectivity index (χ2v) is 11.0. The molecule has 1 aromatic heterocycles. The van der Waals surface area contributed by atoms with E-state index < -0.39 is 0 Å². The number of nitriles is 1. The van der Waals surface area contributed by atoms with E-state index in [0.29, 0.717) is 44.7 Å². The number of rotatable bonds is 9. The Hall–Kier alpha value is -3.64. The fourth-order valence-corrected chi connectivity index (χ4v) is 6.19. The molecule has 0 spiro atoms. The maximum absolute atomic E-state index is 12.5. The third-order valence-electron chi connectivity index (χ3n) is 8.47. The number of benzene rings is 1. The first-order valence-corrected chi connectivity index (χ1v) is 14.5. The predicted octanol–water partition coefficient (Wildman–Crippen LogP) is 3.57. The Morgan fingerprint density at radius 1 is 1.23 bits per heavy atom. The van der Waals surface area contributed by atoms with Gasteiger partial charge < -0.3 is 24.2 Å². The zero-order valence-corrected chi connectivity index (χ0v) is 23.7. The summed E-state index contributed by atoms with van der Waals surface area (Å²) >= 11 is 0. The molecule has 1 aromatic carbocycles. The van der Waals surface area contributed by atoms with Gasteiger partial charge in [-0.3, -0.25) is 4.79 Å². The SMILES string of the molecule is C=CC(=O)N1CCN(c2nc(OCC3CCCN3C)nc(C[C@H]3CCc4ccccc4O3)c2CC)CC1CC#N. The smallest absolute Gasteiger partial charge is 0.318 e. The molecule has 2 unspecified atom stereocenters. The molecule has 3 aliphatic heterocycles. The maximum Gasteiger partial charge on any atom is 0.318 e. The molecule has 2 saturated heterocycles. The summed E-state index contributed by atoms with van der Waals surface area (Å²) in [5.41, 5.74) is 3.28. The third-order valence-corrected chi connectivity index (χ3v) is 8.47. The van der Waals surface area contributed by atoms with Gasteiger partial charge in [0.2, 0.25) is 5.91 Å². The van der Waals surface area contributed by atoms with E-state index >= 15 is 0 Å². The van der Waals surface area contributed by atoms with Crippen molar-refractivity contribution in [1.82, 2.24) is 19.8 Å². The largest absolute Gasteiger partial charge is 0.490 e. The minimum Gasteiger partial charge on any atom is -0.490 e. The van der Waals surface area contributed by atoms with Gasteiger partial charge in [-0.25, -0.2) is 0 Å². The zero-order chi connectivity index (χ0) is 28.1. The number of carbonyl (C=O) groups excluding carboxylic acids is 1. The first-order chi connectivity index (χ1) is 19.5. The molecule has 1 amide bonds. The summed E-state index contributed by atoms with van der Waals surface area (Å²) in [6.07, 6.45) is 7.21. The van der Waals surface area contributed by atoms with Crippen LogP contribution in [0.15, 0.2) is 36.9 Å². The van der Waals surface area contributed by atoms with Crippen LogP contribution in [0.5, 0.6) is 11.8 Å². The fraction of sp³-hybridized carbons (Fsp3) is 0.548. The summed E-state index contributed by atoms with van der Waals surface area (Å²) in [5.74, 6) is 1.65. The van der Waals surface area contributed by atoms with Crippen molar-refractivity contribution in [3.8, 4) is 17.8 Å². The van der Waals surface area contributed by atoms with Crippen LogP contribution >= 0.6 is 0 Å². The number of aromatic nitrogens is 2. The maximum atomic E-state index is 12.5. The Balaban J connectivity index is 1.44. The van der Waals surface area contributed by atoms with Crippen LogP contribution in [-0.4, -0.2) is 83.7 Å². The summed E-state index contributed by atoms with van der Waals surface area (Å²) in [4.78, 5) is 28.7. The van der Waals surface area contributed by atoms with E-state index in [1.807, 2.05) is 12.1 Å². The van der Waals surface area contributed by atoms with Crippen molar-refractivity contribution in [3.05, 3.63) is 53.7 Å². The van der Waals surface area contributed by atoms with E-state index in [-0.39, 0.29) is 24.5 Å². The average Bonchev–Trinajstić information content (AvgIpc) is 3.39. The summed E-state index contributed by atoms with van der Waals surface area (Å²) in [5, 5.41) is 9.49. The Kier molecular flexibility index (Phi) is 8.85. The molecule has 212 valence electrons. The number of likely N-dealkylation sites (N-methyl/N-ethyl adjacent to an activating group) is 1. The number of amides is 1. The van der Waals surface area contributed by atoms with Crippen LogP contribution in [0.3, 0.4) is 0 Å². The van der Waals surface area contributed by atoms with Gasteiger partial charge >= 0.3 is 6.01 Å². The topological polar surface area (TPSA) is 94.8 Å². The molecule has 5 rings (SSSR count). The zero-order valence-electron chi connectivity index (χ0n) is 23.7. The van der Waals surface area contributed by atoms with Crippen LogP contribution in [0, 0.1) is 11.3 Å². The van der Waals surface area contributed by atoms with Gasteiger partial charge in [-0.15, -0.1) is 0 Å². The van der Waals surface area contributed by atoms with Crippen molar-refractivity contribution in [1.29, 1.82) is 5.26 Å². The molecule has 0 N–H and O–H groups in total. The molecule has 40 heavy (non-hydrogen) atoms. The minimum atomic E-state index is -0.234. The van der Waals surface area contributed by atoms with Crippen LogP contribution in [0.25, 0.3) is 0 Å². The monoisotopic (exact) mass is 544 g/mol. The Labute approximate surface area is 237 Å². The minimum absolute atomic E-state index is 0.0187. The van der Waals surface area contributed by atoms with Crippen molar-refractivity contribution < 1.29 is 14.3 Å². The molecule has 4 heterocycles. The van der Waals surface area contributed by atoms with Crippen LogP contribution in [0.4, 0.5) is 5.82 Å². The lowest BCUT2D eigenvalue weighted by Gasteiger charge is -2.41. The van der Waals surface area contributed by atoms with Gasteiger partial charge in [-0.1, -0.05) is 31.7 Å². The number of hydrogen-bond donors (Lipinski definition) is 0. The molecule has 2 aromatic rings. The van der Waals surface area contributed by atoms with Crippen molar-refractivity contribution >= 4 is 11.7 Å². The van der Waals surface area contributed by atoms with Crippen molar-refractivity contribution in [3.63, 3.8) is 0 Å². The van der Waals surface area contributed by atoms with Gasteiger partial charge in [0.1, 0.15) is 24.3 Å². The van der Waals surface area contributed by atoms with Gasteiger partial charge in [-0.2, -0.15) is 15.2 Å². The number of anilines is 1. The van der Waals surface area contributed by atoms with E-state index in [2.05, 4.69) is 48.6 Å². The van der Waals surface area contributed by atoms with E-state index in [0.717, 1.165) is 55.1 Å². The number of likely N-dealkylation sites (tertiary alicyclic amines) is 1. The van der Waals surface area contributed by atoms with E-state index in [1.165, 1.54) is 18.1 Å². The third kappa shape index (κ3) is 6.07. The van der Waals surface area contributed by atoms with Crippen LogP contribution in [-0.2, 0) is 24.1 Å². The molecular weight excluding hydrogens is 504 g/mol. The average molecular weight is 545 g/mol. The Morgan fingerprint density at radius 3 is 2.83 bits per heavy atom. The number of aryl methyl sites for hydroxylation is 1. The number of ether oxygens (including phenoxy) is 2. The molecule has 3 aliphatic rings. The number of piperazine rings is 1. The van der Waals surface area contributed by atoms with Crippen molar-refractivity contribution in [2.45, 2.75) is 70.1 Å². The first-order valence-electron chi connectivity index (χ1n) is 14.5. The summed E-state index contributed by atoms with van der Waals surface area (Å²) < 4.78 is 12.7. The Morgan fingerprint density at radius 2 is 2.08 bits per heavy atom. The van der Waals surface area contributed by atoms with E-state index in [9.17, 15) is 10.1 Å². The second kappa shape index (κ2) is 12.7. The molecule has 9 heteroatoms. The molecule has 2 fully saturated rings. The number of fused-ring (bicyclic) bond motifs is 1. The normalized spacial score (nSPS) is 22.8. The lowest BCUT2D eigenvalue weighted by molar-refractivity contribution is -0.128. The van der Waals surface area contributed by atoms with Gasteiger partial charge in [0, 0.05) is 37.7 Å². The van der Waals surface area contributed by atoms with Gasteiger partial charge in [0.05, 0.1) is 24.2 Å². The molecular formula is C31H40N6O3. The molecule has 0 saturated carbocycles. The summed E-state index contributed by atoms with van der Waals surface area (Å²) in [7, 11) is 2.14. The summed E-state index contributed by atoms with van der Waals surface area (Å²) in [6, 6.07) is 11.0. The fourth-order valence-electron chi connectivity index (χ4n) is 6.19. The van der Waals surface area contributed by atoms with Gasteiger partial charge in [0.25, 0.3) is 0 Å². The number of nitrogens with zero attached hydrogens (tertiary/aromatic N) is 6. The standard InChI is InChI=1S/C31H40N6O3/c1-4-26-27(19-25-13-12-22-9-6-7-11-28(22)40-25)33-31(39-21-24-10-8-16-35(24)3)34-30(26)36-17-18-37(29(38)5-2)23(20-36)14-15-32/h5-7,9,11,23-25H,2,4,8,10,12-14,16-21H2,1,3H3/t23?,24?,25-/m1/s1. The van der Waals surface area contributed by atoms with Crippen LogP contribution in [0.2, 0.25) is 0 Å². The molecule has 0 bridgehead atoms. The molecule has 3 atom stereocenters. The highest BCUT2D eigenvalue weighted by Crippen LogP contribution is 2.32. The van der Waals surface area contributed by atoms with Gasteiger partial charge in [0.15, 0.2) is 0 Å². The number of hydrogen-bond acceptors (Lipinski definition) is 8. The van der Waals surface area contributed by atoms with Crippen molar-refractivity contribution in [2.75, 3.05) is 44.7 Å². The lowest BCUT2D eigenvalue weighted by atomic mass is 9.97. The highest BCUT2D eigenvalue weighted by atomic mass is 16.5. The highest BCUT2D eigenvalue weighted by Gasteiger charge is 2.33. The van der Waals surface area contributed by atoms with Gasteiger partial charge in [-0.05, 0) is 63.4 Å². The quantitative estimate of drug-likeness (QED) is 0.443. The predicted molar refractivity (Wildman–Crippen MR) is 154 cm³/mol. The van der Waals surface area contributed by atoms with E-state index in [1.54, 1.807) is 4.90 Å². The number of carbonyl (C=O) groups is 1. The first kappa shape index (κ1) is 27.9. The lowest BCUT2D eigenvalue weighted by Crippen LogP contribution is -2.55. The summed E-state index contributed by atoms with van der Waals surface area (Å²) in [6.45, 7) is 9.04. The highest BCUT2D eigenvalue weighted by molar-refractivity contribution is 5.87. The van der Waals surface area contributed by atoms with Crippen molar-refractivity contribution in [2.24, 2.45) is 0 Å². The molecule has 0 aliphatic carbocycles.